The van der Waals surface area contributed by atoms with Crippen molar-refractivity contribution in [3.8, 4) is 0 Å². The molecule has 0 saturated carbocycles. The molecule has 2 unspecified atom stereocenters. The molecule has 3 heteroatoms. The largest absolute Gasteiger partial charge is 0.363 e. The van der Waals surface area contributed by atoms with Crippen LogP contribution in [0.5, 0.6) is 0 Å². The molecule has 1 aliphatic rings. The quantitative estimate of drug-likeness (QED) is 0.742. The van der Waals surface area contributed by atoms with Crippen molar-refractivity contribution in [3.05, 3.63) is 35.9 Å². The van der Waals surface area contributed by atoms with Crippen molar-refractivity contribution in [1.82, 2.24) is 0 Å². The van der Waals surface area contributed by atoms with Crippen LogP contribution in [0.15, 0.2) is 30.3 Å². The van der Waals surface area contributed by atoms with Gasteiger partial charge in [-0.05, 0) is 19.4 Å². The summed E-state index contributed by atoms with van der Waals surface area (Å²) in [4.78, 5) is 10.5. The first kappa shape index (κ1) is 11.6. The Morgan fingerprint density at radius 1 is 0.938 bits per heavy atom. The van der Waals surface area contributed by atoms with Crippen LogP contribution in [0, 0.1) is 5.41 Å². The molecule has 1 aromatic rings. The number of benzene rings is 1. The minimum atomic E-state index is -1.29. The number of aliphatic hydroxyl groups is 1. The second-order valence-corrected chi connectivity index (χ2v) is 5.17. The van der Waals surface area contributed by atoms with Crippen molar-refractivity contribution >= 4 is 0 Å². The van der Waals surface area contributed by atoms with Crippen LogP contribution in [0.3, 0.4) is 0 Å². The van der Waals surface area contributed by atoms with Crippen molar-refractivity contribution < 1.29 is 14.9 Å². The Hall–Kier alpha value is -0.900. The van der Waals surface area contributed by atoms with E-state index in [2.05, 4.69) is 0 Å². The van der Waals surface area contributed by atoms with Gasteiger partial charge >= 0.3 is 0 Å². The highest BCUT2D eigenvalue weighted by atomic mass is 17.2. The van der Waals surface area contributed by atoms with Crippen LogP contribution in [-0.4, -0.2) is 10.9 Å². The zero-order valence-corrected chi connectivity index (χ0v) is 10.2. The van der Waals surface area contributed by atoms with Gasteiger partial charge in [-0.2, -0.15) is 4.89 Å². The molecule has 1 saturated heterocycles. The van der Waals surface area contributed by atoms with Gasteiger partial charge in [0.1, 0.15) is 5.60 Å². The van der Waals surface area contributed by atoms with Crippen LogP contribution in [0.25, 0.3) is 0 Å². The van der Waals surface area contributed by atoms with Gasteiger partial charge < -0.3 is 5.11 Å². The fraction of sp³-hybridized carbons (Fsp3) is 0.538. The molecule has 16 heavy (non-hydrogen) atoms. The van der Waals surface area contributed by atoms with Crippen molar-refractivity contribution in [3.63, 3.8) is 0 Å². The van der Waals surface area contributed by atoms with Crippen LogP contribution >= 0.6 is 0 Å². The summed E-state index contributed by atoms with van der Waals surface area (Å²) in [6, 6.07) is 9.81. The average molecular weight is 222 g/mol. The summed E-state index contributed by atoms with van der Waals surface area (Å²) in [5.74, 6) is -1.29. The number of hydrogen-bond donors (Lipinski definition) is 1. The minimum absolute atomic E-state index is 0.540. The molecule has 3 nitrogen and oxygen atoms in total. The first-order valence-electron chi connectivity index (χ1n) is 5.46. The minimum Gasteiger partial charge on any atom is -0.363 e. The lowest BCUT2D eigenvalue weighted by molar-refractivity contribution is -0.390. The van der Waals surface area contributed by atoms with Crippen molar-refractivity contribution in [2.75, 3.05) is 0 Å². The second kappa shape index (κ2) is 3.29. The fourth-order valence-electron chi connectivity index (χ4n) is 1.98. The molecule has 2 atom stereocenters. The Bertz CT molecular complexity index is 383. The Balaban J connectivity index is 2.49. The van der Waals surface area contributed by atoms with Crippen molar-refractivity contribution in [1.29, 1.82) is 0 Å². The zero-order chi connectivity index (χ0) is 12.0. The molecule has 0 radical (unpaired) electrons. The first-order chi connectivity index (χ1) is 7.31. The van der Waals surface area contributed by atoms with E-state index >= 15 is 0 Å². The Morgan fingerprint density at radius 3 is 1.94 bits per heavy atom. The molecule has 2 rings (SSSR count). The van der Waals surface area contributed by atoms with Gasteiger partial charge in [0, 0.05) is 0 Å². The van der Waals surface area contributed by atoms with Gasteiger partial charge in [0.15, 0.2) is 0 Å². The van der Waals surface area contributed by atoms with Crippen LogP contribution in [0.1, 0.15) is 33.3 Å². The lowest BCUT2D eigenvalue weighted by atomic mass is 9.68. The third kappa shape index (κ3) is 1.32. The van der Waals surface area contributed by atoms with Gasteiger partial charge in [-0.3, -0.25) is 0 Å². The molecule has 1 fully saturated rings. The summed E-state index contributed by atoms with van der Waals surface area (Å²) in [5.41, 5.74) is -0.197. The van der Waals surface area contributed by atoms with E-state index in [9.17, 15) is 5.11 Å². The highest BCUT2D eigenvalue weighted by Gasteiger charge is 2.62. The topological polar surface area (TPSA) is 38.7 Å². The van der Waals surface area contributed by atoms with Crippen LogP contribution in [0.4, 0.5) is 0 Å². The van der Waals surface area contributed by atoms with E-state index in [0.29, 0.717) is 0 Å². The molecule has 1 aromatic carbocycles. The molecule has 1 N–H and O–H groups in total. The third-order valence-corrected chi connectivity index (χ3v) is 4.05. The van der Waals surface area contributed by atoms with Crippen molar-refractivity contribution in [2.24, 2.45) is 5.41 Å². The van der Waals surface area contributed by atoms with E-state index in [1.165, 1.54) is 0 Å². The first-order valence-corrected chi connectivity index (χ1v) is 5.46. The summed E-state index contributed by atoms with van der Waals surface area (Å²) in [6.45, 7) is 7.44. The Morgan fingerprint density at radius 2 is 1.50 bits per heavy atom. The maximum Gasteiger partial charge on any atom is 0.204 e. The SMILES string of the molecule is CC1(O)OOC(C)(c2ccccc2)C1(C)C. The predicted molar refractivity (Wildman–Crippen MR) is 60.4 cm³/mol. The molecule has 1 heterocycles. The number of hydrogen-bond acceptors (Lipinski definition) is 3. The van der Waals surface area contributed by atoms with E-state index in [-0.39, 0.29) is 0 Å². The second-order valence-electron chi connectivity index (χ2n) is 5.17. The smallest absolute Gasteiger partial charge is 0.204 e. The normalized spacial score (nSPS) is 37.6. The third-order valence-electron chi connectivity index (χ3n) is 4.05. The lowest BCUT2D eigenvalue weighted by Crippen LogP contribution is -2.47. The van der Waals surface area contributed by atoms with Crippen LogP contribution < -0.4 is 0 Å². The molecule has 0 spiro atoms. The van der Waals surface area contributed by atoms with E-state index in [4.69, 9.17) is 9.78 Å². The van der Waals surface area contributed by atoms with E-state index in [1.54, 1.807) is 6.92 Å². The zero-order valence-electron chi connectivity index (χ0n) is 10.2. The van der Waals surface area contributed by atoms with Crippen molar-refractivity contribution in [2.45, 2.75) is 39.1 Å². The summed E-state index contributed by atoms with van der Waals surface area (Å²) in [6.07, 6.45) is 0. The van der Waals surface area contributed by atoms with E-state index < -0.39 is 16.8 Å². The standard InChI is InChI=1S/C13H18O3/c1-11(2)12(3,15-16-13(11,4)14)10-8-6-5-7-9-10/h5-9,14H,1-4H3. The maximum absolute atomic E-state index is 10.2. The summed E-state index contributed by atoms with van der Waals surface area (Å²) in [5, 5.41) is 10.2. The maximum atomic E-state index is 10.2. The molecule has 1 aliphatic heterocycles. The van der Waals surface area contributed by atoms with Gasteiger partial charge in [0.25, 0.3) is 0 Å². The summed E-state index contributed by atoms with van der Waals surface area (Å²) < 4.78 is 0. The van der Waals surface area contributed by atoms with Gasteiger partial charge in [0.2, 0.25) is 5.79 Å². The van der Waals surface area contributed by atoms with Gasteiger partial charge in [-0.1, -0.05) is 44.2 Å². The van der Waals surface area contributed by atoms with Crippen LogP contribution in [0.2, 0.25) is 0 Å². The predicted octanol–water partition coefficient (Wildman–Crippen LogP) is 2.60. The lowest BCUT2D eigenvalue weighted by Gasteiger charge is -2.38. The average Bonchev–Trinajstić information content (AvgIpc) is 2.41. The molecule has 0 amide bonds. The Kier molecular flexibility index (Phi) is 2.38. The molecular formula is C13H18O3. The fourth-order valence-corrected chi connectivity index (χ4v) is 1.98. The van der Waals surface area contributed by atoms with Gasteiger partial charge in [-0.15, -0.1) is 0 Å². The molecule has 0 bridgehead atoms. The number of rotatable bonds is 1. The highest BCUT2D eigenvalue weighted by Crippen LogP contribution is 2.55. The van der Waals surface area contributed by atoms with Crippen LogP contribution in [-0.2, 0) is 15.4 Å². The Labute approximate surface area is 95.9 Å². The van der Waals surface area contributed by atoms with E-state index in [1.807, 2.05) is 51.1 Å². The molecule has 0 aliphatic carbocycles. The summed E-state index contributed by atoms with van der Waals surface area (Å²) >= 11 is 0. The monoisotopic (exact) mass is 222 g/mol. The molecule has 88 valence electrons. The van der Waals surface area contributed by atoms with Gasteiger partial charge in [-0.25, -0.2) is 4.89 Å². The molecule has 0 aromatic heterocycles. The van der Waals surface area contributed by atoms with E-state index in [0.717, 1.165) is 5.56 Å². The molecular weight excluding hydrogens is 204 g/mol. The summed E-state index contributed by atoms with van der Waals surface area (Å²) in [7, 11) is 0. The van der Waals surface area contributed by atoms with Gasteiger partial charge in [0.05, 0.1) is 5.41 Å². The highest BCUT2D eigenvalue weighted by molar-refractivity contribution is 5.26.